The summed E-state index contributed by atoms with van der Waals surface area (Å²) in [6.45, 7) is 0.498. The van der Waals surface area contributed by atoms with Gasteiger partial charge in [0.25, 0.3) is 0 Å². The van der Waals surface area contributed by atoms with Crippen molar-refractivity contribution in [2.75, 3.05) is 17.4 Å². The fourth-order valence-electron chi connectivity index (χ4n) is 3.33. The summed E-state index contributed by atoms with van der Waals surface area (Å²) in [6, 6.07) is 22.3. The van der Waals surface area contributed by atoms with Gasteiger partial charge in [0, 0.05) is 18.0 Å². The average Bonchev–Trinajstić information content (AvgIpc) is 2.69. The number of amides is 1. The first-order valence-corrected chi connectivity index (χ1v) is 9.19. The summed E-state index contributed by atoms with van der Waals surface area (Å²) in [7, 11) is 0. The highest BCUT2D eigenvalue weighted by molar-refractivity contribution is 8.03. The molecule has 2 heterocycles. The zero-order valence-corrected chi connectivity index (χ0v) is 14.4. The molecule has 0 aliphatic carbocycles. The van der Waals surface area contributed by atoms with Crippen molar-refractivity contribution in [3.63, 3.8) is 0 Å². The van der Waals surface area contributed by atoms with Crippen LogP contribution in [0.2, 0.25) is 0 Å². The van der Waals surface area contributed by atoms with E-state index in [0.717, 1.165) is 22.2 Å². The number of hydrogen-bond donors (Lipinski definition) is 0. The third kappa shape index (κ3) is 2.90. The van der Waals surface area contributed by atoms with Crippen molar-refractivity contribution in [3.8, 4) is 6.07 Å². The fourth-order valence-corrected chi connectivity index (χ4v) is 4.50. The number of nitrogens with zero attached hydrogens (tertiary/aromatic N) is 3. The van der Waals surface area contributed by atoms with Gasteiger partial charge in [-0.25, -0.2) is 0 Å². The molecule has 4 nitrogen and oxygen atoms in total. The molecule has 124 valence electrons. The van der Waals surface area contributed by atoms with Crippen molar-refractivity contribution in [1.29, 1.82) is 5.26 Å². The maximum Gasteiger partial charge on any atom is 0.229 e. The number of thioether (sulfide) groups is 1. The Hall–Kier alpha value is -2.71. The number of para-hydroxylation sites is 1. The predicted octanol–water partition coefficient (Wildman–Crippen LogP) is 3.91. The zero-order chi connectivity index (χ0) is 17.2. The highest BCUT2D eigenvalue weighted by Crippen LogP contribution is 2.43. The average molecular weight is 347 g/mol. The number of carbonyl (C=O) groups is 1. The standard InChI is InChI=1S/C20H17N3OS/c21-12-18-17(15-7-3-1-4-8-15)11-19(24)23-13-22(14-25-20(18)23)16-9-5-2-6-10-16/h1-10,17H,11,13-14H2. The van der Waals surface area contributed by atoms with E-state index in [-0.39, 0.29) is 11.8 Å². The fraction of sp³-hybridized carbons (Fsp3) is 0.200. The molecular weight excluding hydrogens is 330 g/mol. The van der Waals surface area contributed by atoms with Crippen LogP contribution in [0.4, 0.5) is 5.69 Å². The van der Waals surface area contributed by atoms with Gasteiger partial charge in [-0.1, -0.05) is 60.3 Å². The van der Waals surface area contributed by atoms with Crippen LogP contribution in [0, 0.1) is 11.3 Å². The molecule has 1 atom stereocenters. The molecule has 0 N–H and O–H groups in total. The molecule has 0 bridgehead atoms. The molecule has 0 spiro atoms. The number of allylic oxidation sites excluding steroid dienone is 1. The molecule has 0 saturated carbocycles. The molecule has 2 aromatic carbocycles. The summed E-state index contributed by atoms with van der Waals surface area (Å²) in [6.07, 6.45) is 0.347. The van der Waals surface area contributed by atoms with Gasteiger partial charge in [0.1, 0.15) is 0 Å². The number of anilines is 1. The quantitative estimate of drug-likeness (QED) is 0.826. The smallest absolute Gasteiger partial charge is 0.229 e. The molecule has 2 aliphatic heterocycles. The van der Waals surface area contributed by atoms with Crippen LogP contribution in [0.1, 0.15) is 17.9 Å². The van der Waals surface area contributed by atoms with E-state index >= 15 is 0 Å². The third-order valence-corrected chi connectivity index (χ3v) is 5.77. The normalized spacial score (nSPS) is 20.3. The minimum atomic E-state index is -0.138. The Bertz CT molecular complexity index is 858. The lowest BCUT2D eigenvalue weighted by Crippen LogP contribution is -2.47. The van der Waals surface area contributed by atoms with Gasteiger partial charge in [0.05, 0.1) is 29.2 Å². The second-order valence-corrected chi connectivity index (χ2v) is 7.04. The van der Waals surface area contributed by atoms with Gasteiger partial charge in [0.2, 0.25) is 5.91 Å². The second kappa shape index (κ2) is 6.66. The monoisotopic (exact) mass is 347 g/mol. The zero-order valence-electron chi connectivity index (χ0n) is 13.6. The Morgan fingerprint density at radius 1 is 1.04 bits per heavy atom. The number of hydrogen-bond acceptors (Lipinski definition) is 4. The van der Waals surface area contributed by atoms with Crippen molar-refractivity contribution >= 4 is 23.4 Å². The van der Waals surface area contributed by atoms with Gasteiger partial charge in [-0.2, -0.15) is 5.26 Å². The highest BCUT2D eigenvalue weighted by atomic mass is 32.2. The van der Waals surface area contributed by atoms with Gasteiger partial charge < -0.3 is 4.90 Å². The SMILES string of the molecule is N#CC1=C2SCN(c3ccccc3)CN2C(=O)CC1c1ccccc1. The number of nitriles is 1. The van der Waals surface area contributed by atoms with Gasteiger partial charge in [0.15, 0.2) is 0 Å². The van der Waals surface area contributed by atoms with E-state index in [2.05, 4.69) is 11.0 Å². The van der Waals surface area contributed by atoms with Crippen LogP contribution in [-0.2, 0) is 4.79 Å². The van der Waals surface area contributed by atoms with Gasteiger partial charge in [-0.15, -0.1) is 0 Å². The summed E-state index contributed by atoms with van der Waals surface area (Å²) in [4.78, 5) is 16.7. The Morgan fingerprint density at radius 3 is 2.40 bits per heavy atom. The number of carbonyl (C=O) groups excluding carboxylic acids is 1. The van der Waals surface area contributed by atoms with E-state index in [1.54, 1.807) is 16.7 Å². The lowest BCUT2D eigenvalue weighted by Gasteiger charge is -2.42. The van der Waals surface area contributed by atoms with E-state index in [1.807, 2.05) is 60.7 Å². The molecule has 25 heavy (non-hydrogen) atoms. The molecule has 1 fully saturated rings. The summed E-state index contributed by atoms with van der Waals surface area (Å²) < 4.78 is 0. The highest BCUT2D eigenvalue weighted by Gasteiger charge is 2.38. The van der Waals surface area contributed by atoms with E-state index in [4.69, 9.17) is 0 Å². The summed E-state index contributed by atoms with van der Waals surface area (Å²) in [5.41, 5.74) is 2.83. The van der Waals surface area contributed by atoms with Crippen molar-refractivity contribution < 1.29 is 4.79 Å². The lowest BCUT2D eigenvalue weighted by molar-refractivity contribution is -0.129. The molecule has 1 amide bonds. The Labute approximate surface area is 151 Å². The first-order valence-electron chi connectivity index (χ1n) is 8.20. The van der Waals surface area contributed by atoms with E-state index in [0.29, 0.717) is 18.7 Å². The van der Waals surface area contributed by atoms with Gasteiger partial charge in [-0.05, 0) is 17.7 Å². The van der Waals surface area contributed by atoms with Crippen molar-refractivity contribution in [2.24, 2.45) is 0 Å². The van der Waals surface area contributed by atoms with Crippen LogP contribution in [0.25, 0.3) is 0 Å². The third-order valence-electron chi connectivity index (χ3n) is 4.62. The van der Waals surface area contributed by atoms with Gasteiger partial charge in [-0.3, -0.25) is 9.69 Å². The van der Waals surface area contributed by atoms with Gasteiger partial charge >= 0.3 is 0 Å². The first-order chi connectivity index (χ1) is 12.3. The van der Waals surface area contributed by atoms with Crippen LogP contribution >= 0.6 is 11.8 Å². The minimum Gasteiger partial charge on any atom is -0.344 e. The van der Waals surface area contributed by atoms with Crippen LogP contribution in [0.5, 0.6) is 0 Å². The number of rotatable bonds is 2. The molecular formula is C20H17N3OS. The molecule has 1 saturated heterocycles. The topological polar surface area (TPSA) is 47.3 Å². The van der Waals surface area contributed by atoms with E-state index in [9.17, 15) is 10.1 Å². The summed E-state index contributed by atoms with van der Waals surface area (Å²) in [5.74, 6) is 0.673. The van der Waals surface area contributed by atoms with Crippen molar-refractivity contribution in [3.05, 3.63) is 76.8 Å². The Balaban J connectivity index is 1.68. The Morgan fingerprint density at radius 2 is 1.72 bits per heavy atom. The van der Waals surface area contributed by atoms with Crippen LogP contribution < -0.4 is 4.90 Å². The molecule has 0 radical (unpaired) electrons. The predicted molar refractivity (Wildman–Crippen MR) is 99.5 cm³/mol. The first kappa shape index (κ1) is 15.8. The molecule has 4 rings (SSSR count). The summed E-state index contributed by atoms with van der Waals surface area (Å²) in [5, 5.41) is 10.6. The van der Waals surface area contributed by atoms with Crippen molar-refractivity contribution in [1.82, 2.24) is 4.90 Å². The molecule has 0 aromatic heterocycles. The largest absolute Gasteiger partial charge is 0.344 e. The molecule has 5 heteroatoms. The molecule has 2 aromatic rings. The lowest BCUT2D eigenvalue weighted by atomic mass is 9.86. The Kier molecular flexibility index (Phi) is 4.21. The number of fused-ring (bicyclic) bond motifs is 1. The maximum absolute atomic E-state index is 12.8. The second-order valence-electron chi connectivity index (χ2n) is 6.11. The van der Waals surface area contributed by atoms with Crippen LogP contribution in [0.3, 0.4) is 0 Å². The maximum atomic E-state index is 12.8. The van der Waals surface area contributed by atoms with E-state index in [1.165, 1.54) is 0 Å². The minimum absolute atomic E-state index is 0.0796. The van der Waals surface area contributed by atoms with E-state index < -0.39 is 0 Å². The summed E-state index contributed by atoms with van der Waals surface area (Å²) >= 11 is 1.57. The number of benzene rings is 2. The molecule has 2 aliphatic rings. The van der Waals surface area contributed by atoms with Crippen LogP contribution in [0.15, 0.2) is 71.3 Å². The van der Waals surface area contributed by atoms with Crippen LogP contribution in [-0.4, -0.2) is 23.4 Å². The molecule has 1 unspecified atom stereocenters. The van der Waals surface area contributed by atoms with Crippen molar-refractivity contribution in [2.45, 2.75) is 12.3 Å².